The number of nitrogens with zero attached hydrogens (tertiary/aromatic N) is 1. The first kappa shape index (κ1) is 22.8. The molecule has 0 spiro atoms. The van der Waals surface area contributed by atoms with Gasteiger partial charge in [0, 0.05) is 16.2 Å². The number of aromatic nitrogens is 1. The summed E-state index contributed by atoms with van der Waals surface area (Å²) in [4.78, 5) is 12.8. The Morgan fingerprint density at radius 3 is 2.55 bits per heavy atom. The fraction of sp³-hybridized carbons (Fsp3) is 0.238. The van der Waals surface area contributed by atoms with E-state index >= 15 is 0 Å². The van der Waals surface area contributed by atoms with Crippen molar-refractivity contribution in [3.63, 3.8) is 0 Å². The van der Waals surface area contributed by atoms with Crippen LogP contribution >= 0.6 is 15.9 Å². The molecule has 10 heteroatoms. The molecule has 164 valence electrons. The predicted molar refractivity (Wildman–Crippen MR) is 121 cm³/mol. The molecule has 31 heavy (non-hydrogen) atoms. The number of nitrogens with one attached hydrogen (secondary N) is 2. The maximum atomic E-state index is 12.8. The highest BCUT2D eigenvalue weighted by Crippen LogP contribution is 2.25. The molecule has 2 N–H and O–H groups in total. The molecular weight excluding hydrogens is 486 g/mol. The molecular formula is C21H22BrN3O5S. The number of halogens is 1. The van der Waals surface area contributed by atoms with E-state index in [0.717, 1.165) is 17.3 Å². The number of hydrogen-bond donors (Lipinski definition) is 2. The van der Waals surface area contributed by atoms with Gasteiger partial charge < -0.3 is 14.6 Å². The summed E-state index contributed by atoms with van der Waals surface area (Å²) < 4.78 is 38.6. The van der Waals surface area contributed by atoms with E-state index in [4.69, 9.17) is 9.26 Å². The van der Waals surface area contributed by atoms with Crippen molar-refractivity contribution in [2.45, 2.75) is 31.6 Å². The number of sulfonamides is 1. The fourth-order valence-corrected chi connectivity index (χ4v) is 4.00. The number of carbonyl (C=O) groups is 1. The second kappa shape index (κ2) is 9.97. The first-order valence-corrected chi connectivity index (χ1v) is 11.9. The zero-order valence-corrected chi connectivity index (χ0v) is 19.4. The molecule has 0 saturated heterocycles. The summed E-state index contributed by atoms with van der Waals surface area (Å²) in [5.74, 6) is 0.710. The largest absolute Gasteiger partial charge is 0.493 e. The van der Waals surface area contributed by atoms with Crippen LogP contribution in [0.4, 0.5) is 11.5 Å². The van der Waals surface area contributed by atoms with Gasteiger partial charge in [0.15, 0.2) is 5.82 Å². The molecule has 3 rings (SSSR count). The van der Waals surface area contributed by atoms with E-state index in [1.165, 1.54) is 30.3 Å². The Morgan fingerprint density at radius 1 is 1.16 bits per heavy atom. The Morgan fingerprint density at radius 2 is 1.90 bits per heavy atom. The van der Waals surface area contributed by atoms with Crippen LogP contribution in [0.25, 0.3) is 0 Å². The average Bonchev–Trinajstić information content (AvgIpc) is 3.13. The lowest BCUT2D eigenvalue weighted by Crippen LogP contribution is -2.15. The van der Waals surface area contributed by atoms with Crippen LogP contribution in [0.2, 0.25) is 0 Å². The van der Waals surface area contributed by atoms with Crippen molar-refractivity contribution in [1.29, 1.82) is 0 Å². The number of ether oxygens (including phenoxy) is 1. The van der Waals surface area contributed by atoms with Crippen molar-refractivity contribution in [3.05, 3.63) is 64.3 Å². The van der Waals surface area contributed by atoms with E-state index in [9.17, 15) is 13.2 Å². The van der Waals surface area contributed by atoms with E-state index in [1.54, 1.807) is 25.1 Å². The molecule has 0 atom stereocenters. The first-order chi connectivity index (χ1) is 14.8. The molecule has 0 radical (unpaired) electrons. The summed E-state index contributed by atoms with van der Waals surface area (Å²) in [7, 11) is -3.83. The Balaban J connectivity index is 1.72. The maximum absolute atomic E-state index is 12.8. The van der Waals surface area contributed by atoms with Crippen molar-refractivity contribution in [2.75, 3.05) is 16.6 Å². The quantitative estimate of drug-likeness (QED) is 0.395. The van der Waals surface area contributed by atoms with Crippen LogP contribution in [0.5, 0.6) is 5.75 Å². The lowest BCUT2D eigenvalue weighted by atomic mass is 10.2. The number of unbranched alkanes of at least 4 members (excludes halogenated alkanes) is 1. The zero-order chi connectivity index (χ0) is 22.4. The minimum absolute atomic E-state index is 0.0252. The SMILES string of the molecule is CCCCOc1ccc(Br)cc1C(=O)Nc1ccc(S(=O)(=O)Nc2cc(C)on2)cc1. The minimum Gasteiger partial charge on any atom is -0.493 e. The third kappa shape index (κ3) is 6.08. The summed E-state index contributed by atoms with van der Waals surface area (Å²) in [5, 5.41) is 6.39. The van der Waals surface area contributed by atoms with Gasteiger partial charge in [0.2, 0.25) is 0 Å². The van der Waals surface area contributed by atoms with Crippen LogP contribution in [0.3, 0.4) is 0 Å². The van der Waals surface area contributed by atoms with Crippen molar-refractivity contribution in [3.8, 4) is 5.75 Å². The molecule has 0 aliphatic heterocycles. The first-order valence-electron chi connectivity index (χ1n) is 9.58. The van der Waals surface area contributed by atoms with Crippen LogP contribution in [0, 0.1) is 6.92 Å². The Labute approximate surface area is 189 Å². The lowest BCUT2D eigenvalue weighted by Gasteiger charge is -2.12. The minimum atomic E-state index is -3.83. The van der Waals surface area contributed by atoms with Crippen molar-refractivity contribution < 1.29 is 22.5 Å². The lowest BCUT2D eigenvalue weighted by molar-refractivity contribution is 0.102. The summed E-state index contributed by atoms with van der Waals surface area (Å²) >= 11 is 3.37. The van der Waals surface area contributed by atoms with E-state index in [-0.39, 0.29) is 16.6 Å². The van der Waals surface area contributed by atoms with Gasteiger partial charge in [0.25, 0.3) is 15.9 Å². The van der Waals surface area contributed by atoms with Gasteiger partial charge in [-0.1, -0.05) is 34.4 Å². The third-order valence-electron chi connectivity index (χ3n) is 4.23. The molecule has 0 fully saturated rings. The molecule has 3 aromatic rings. The van der Waals surface area contributed by atoms with Gasteiger partial charge in [-0.3, -0.25) is 9.52 Å². The number of amides is 1. The molecule has 0 saturated carbocycles. The average molecular weight is 508 g/mol. The summed E-state index contributed by atoms with van der Waals surface area (Å²) in [6, 6.07) is 12.5. The molecule has 0 unspecified atom stereocenters. The number of rotatable bonds is 9. The number of benzene rings is 2. The van der Waals surface area contributed by atoms with Crippen LogP contribution in [0.1, 0.15) is 35.9 Å². The molecule has 2 aromatic carbocycles. The van der Waals surface area contributed by atoms with Gasteiger partial charge in [0.05, 0.1) is 17.1 Å². The van der Waals surface area contributed by atoms with Gasteiger partial charge in [-0.05, 0) is 55.8 Å². The molecule has 0 aliphatic rings. The zero-order valence-electron chi connectivity index (χ0n) is 17.0. The van der Waals surface area contributed by atoms with Crippen molar-refractivity contribution in [2.24, 2.45) is 0 Å². The second-order valence-corrected chi connectivity index (χ2v) is 9.35. The van der Waals surface area contributed by atoms with Gasteiger partial charge in [-0.2, -0.15) is 0 Å². The third-order valence-corrected chi connectivity index (χ3v) is 6.09. The molecule has 1 amide bonds. The van der Waals surface area contributed by atoms with Crippen LogP contribution in [0.15, 0.2) is 62.4 Å². The highest BCUT2D eigenvalue weighted by atomic mass is 79.9. The second-order valence-electron chi connectivity index (χ2n) is 6.75. The number of anilines is 2. The monoisotopic (exact) mass is 507 g/mol. The van der Waals surface area contributed by atoms with Crippen LogP contribution < -0.4 is 14.8 Å². The smallest absolute Gasteiger partial charge is 0.263 e. The number of aryl methyl sites for hydroxylation is 1. The summed E-state index contributed by atoms with van der Waals surface area (Å²) in [5.41, 5.74) is 0.825. The summed E-state index contributed by atoms with van der Waals surface area (Å²) in [6.45, 7) is 4.24. The van der Waals surface area contributed by atoms with Gasteiger partial charge >= 0.3 is 0 Å². The van der Waals surface area contributed by atoms with Crippen molar-refractivity contribution in [1.82, 2.24) is 5.16 Å². The highest BCUT2D eigenvalue weighted by Gasteiger charge is 2.17. The van der Waals surface area contributed by atoms with Gasteiger partial charge in [0.1, 0.15) is 11.5 Å². The normalized spacial score (nSPS) is 11.2. The molecule has 0 aliphatic carbocycles. The van der Waals surface area contributed by atoms with Gasteiger partial charge in [-0.25, -0.2) is 8.42 Å². The number of carbonyl (C=O) groups excluding carboxylic acids is 1. The van der Waals surface area contributed by atoms with Crippen LogP contribution in [-0.2, 0) is 10.0 Å². The van der Waals surface area contributed by atoms with Crippen molar-refractivity contribution >= 4 is 43.4 Å². The number of hydrogen-bond acceptors (Lipinski definition) is 6. The highest BCUT2D eigenvalue weighted by molar-refractivity contribution is 9.10. The standard InChI is InChI=1S/C21H22BrN3O5S/c1-3-4-11-29-19-10-5-15(22)13-18(19)21(26)23-16-6-8-17(9-7-16)31(27,28)25-20-12-14(2)30-24-20/h5-10,12-13H,3-4,11H2,1-2H3,(H,23,26)(H,24,25). The molecule has 1 aromatic heterocycles. The van der Waals surface area contributed by atoms with Crippen LogP contribution in [-0.4, -0.2) is 26.1 Å². The molecule has 0 bridgehead atoms. The molecule has 8 nitrogen and oxygen atoms in total. The Hall–Kier alpha value is -2.85. The molecule has 1 heterocycles. The topological polar surface area (TPSA) is 111 Å². The van der Waals surface area contributed by atoms with E-state index in [1.807, 2.05) is 0 Å². The Kier molecular flexibility index (Phi) is 7.34. The summed E-state index contributed by atoms with van der Waals surface area (Å²) in [6.07, 6.45) is 1.87. The van der Waals surface area contributed by atoms with E-state index < -0.39 is 10.0 Å². The Bertz CT molecular complexity index is 1160. The van der Waals surface area contributed by atoms with Gasteiger partial charge in [-0.15, -0.1) is 0 Å². The predicted octanol–water partition coefficient (Wildman–Crippen LogP) is 4.98. The fourth-order valence-electron chi connectivity index (χ4n) is 2.66. The maximum Gasteiger partial charge on any atom is 0.263 e. The van der Waals surface area contributed by atoms with E-state index in [0.29, 0.717) is 29.4 Å². The van der Waals surface area contributed by atoms with E-state index in [2.05, 4.69) is 38.0 Å².